The first kappa shape index (κ1) is 16.2. The standard InChI is InChI=1S/C17H27N3S/c1-4-8-18-17(11-15-7-10-21-13-15)12-16-6-9-20(19-16)14(3)5-2/h6-7,9-10,13-14,17-18H,4-5,8,11-12H2,1-3H3. The molecule has 2 heterocycles. The molecule has 3 nitrogen and oxygen atoms in total. The van der Waals surface area contributed by atoms with Gasteiger partial charge >= 0.3 is 0 Å². The normalized spacial score (nSPS) is 14.2. The summed E-state index contributed by atoms with van der Waals surface area (Å²) in [5.41, 5.74) is 2.62. The van der Waals surface area contributed by atoms with Gasteiger partial charge in [-0.3, -0.25) is 4.68 Å². The highest BCUT2D eigenvalue weighted by Gasteiger charge is 2.13. The number of hydrogen-bond donors (Lipinski definition) is 1. The predicted octanol–water partition coefficient (Wildman–Crippen LogP) is 4.07. The maximum Gasteiger partial charge on any atom is 0.0640 e. The summed E-state index contributed by atoms with van der Waals surface area (Å²) >= 11 is 1.78. The third-order valence-corrected chi connectivity index (χ3v) is 4.64. The second-order valence-corrected chi connectivity index (χ2v) is 6.52. The molecule has 0 saturated carbocycles. The number of thiophene rings is 1. The molecule has 2 atom stereocenters. The molecule has 2 aromatic heterocycles. The Labute approximate surface area is 132 Å². The van der Waals surface area contributed by atoms with Gasteiger partial charge in [-0.05, 0) is 61.2 Å². The molecule has 0 radical (unpaired) electrons. The molecule has 2 aromatic rings. The van der Waals surface area contributed by atoms with E-state index in [2.05, 4.69) is 59.9 Å². The van der Waals surface area contributed by atoms with E-state index in [-0.39, 0.29) is 0 Å². The smallest absolute Gasteiger partial charge is 0.0640 e. The molecular formula is C17H27N3S. The third kappa shape index (κ3) is 4.97. The molecule has 0 bridgehead atoms. The summed E-state index contributed by atoms with van der Waals surface area (Å²) in [6, 6.07) is 5.35. The van der Waals surface area contributed by atoms with Crippen LogP contribution in [0, 0.1) is 0 Å². The summed E-state index contributed by atoms with van der Waals surface area (Å²) in [5.74, 6) is 0. The Morgan fingerprint density at radius 1 is 1.29 bits per heavy atom. The zero-order valence-corrected chi connectivity index (χ0v) is 14.2. The fraction of sp³-hybridized carbons (Fsp3) is 0.588. The molecule has 0 spiro atoms. The lowest BCUT2D eigenvalue weighted by atomic mass is 10.0. The van der Waals surface area contributed by atoms with Crippen molar-refractivity contribution < 1.29 is 0 Å². The van der Waals surface area contributed by atoms with Crippen molar-refractivity contribution in [3.8, 4) is 0 Å². The van der Waals surface area contributed by atoms with E-state index in [1.165, 1.54) is 17.7 Å². The molecule has 0 aromatic carbocycles. The van der Waals surface area contributed by atoms with Gasteiger partial charge in [-0.2, -0.15) is 16.4 Å². The Morgan fingerprint density at radius 2 is 2.14 bits per heavy atom. The topological polar surface area (TPSA) is 29.9 Å². The third-order valence-electron chi connectivity index (χ3n) is 3.91. The SMILES string of the molecule is CCCNC(Cc1ccsc1)Cc1ccn(C(C)CC)n1. The van der Waals surface area contributed by atoms with Crippen LogP contribution in [0.3, 0.4) is 0 Å². The van der Waals surface area contributed by atoms with Crippen LogP contribution in [0.1, 0.15) is 50.9 Å². The van der Waals surface area contributed by atoms with Crippen molar-refractivity contribution in [1.29, 1.82) is 0 Å². The molecule has 4 heteroatoms. The summed E-state index contributed by atoms with van der Waals surface area (Å²) in [7, 11) is 0. The van der Waals surface area contributed by atoms with Crippen LogP contribution in [0.25, 0.3) is 0 Å². The van der Waals surface area contributed by atoms with Crippen LogP contribution in [-0.4, -0.2) is 22.4 Å². The number of nitrogens with zero attached hydrogens (tertiary/aromatic N) is 2. The Bertz CT molecular complexity index is 504. The second-order valence-electron chi connectivity index (χ2n) is 5.74. The van der Waals surface area contributed by atoms with Crippen molar-refractivity contribution in [2.45, 2.75) is 58.5 Å². The molecule has 2 unspecified atom stereocenters. The molecule has 0 aliphatic rings. The maximum atomic E-state index is 4.74. The highest BCUT2D eigenvalue weighted by Crippen LogP contribution is 2.13. The van der Waals surface area contributed by atoms with Crippen molar-refractivity contribution in [2.75, 3.05) is 6.54 Å². The lowest BCUT2D eigenvalue weighted by Crippen LogP contribution is -2.33. The average molecular weight is 305 g/mol. The minimum atomic E-state index is 0.472. The fourth-order valence-corrected chi connectivity index (χ4v) is 3.11. The van der Waals surface area contributed by atoms with E-state index in [1.807, 2.05) is 0 Å². The van der Waals surface area contributed by atoms with Crippen molar-refractivity contribution >= 4 is 11.3 Å². The first-order chi connectivity index (χ1) is 10.2. The van der Waals surface area contributed by atoms with E-state index in [0.717, 1.165) is 25.8 Å². The molecule has 0 aliphatic carbocycles. The van der Waals surface area contributed by atoms with Gasteiger partial charge in [-0.25, -0.2) is 0 Å². The van der Waals surface area contributed by atoms with Crippen LogP contribution in [0.15, 0.2) is 29.1 Å². The van der Waals surface area contributed by atoms with Crippen LogP contribution >= 0.6 is 11.3 Å². The van der Waals surface area contributed by atoms with E-state index < -0.39 is 0 Å². The molecule has 21 heavy (non-hydrogen) atoms. The van der Waals surface area contributed by atoms with Gasteiger partial charge in [0.05, 0.1) is 5.69 Å². The van der Waals surface area contributed by atoms with Gasteiger partial charge in [0.15, 0.2) is 0 Å². The fourth-order valence-electron chi connectivity index (χ4n) is 2.43. The largest absolute Gasteiger partial charge is 0.313 e. The van der Waals surface area contributed by atoms with E-state index >= 15 is 0 Å². The summed E-state index contributed by atoms with van der Waals surface area (Å²) < 4.78 is 2.09. The molecular weight excluding hydrogens is 278 g/mol. The lowest BCUT2D eigenvalue weighted by Gasteiger charge is -2.17. The predicted molar refractivity (Wildman–Crippen MR) is 91.0 cm³/mol. The van der Waals surface area contributed by atoms with Gasteiger partial charge in [0, 0.05) is 24.7 Å². The number of aromatic nitrogens is 2. The van der Waals surface area contributed by atoms with E-state index in [4.69, 9.17) is 5.10 Å². The monoisotopic (exact) mass is 305 g/mol. The van der Waals surface area contributed by atoms with Crippen molar-refractivity contribution in [3.63, 3.8) is 0 Å². The summed E-state index contributed by atoms with van der Waals surface area (Å²) in [4.78, 5) is 0. The van der Waals surface area contributed by atoms with E-state index in [1.54, 1.807) is 11.3 Å². The van der Waals surface area contributed by atoms with Gasteiger partial charge in [0.2, 0.25) is 0 Å². The Kier molecular flexibility index (Phi) is 6.46. The number of hydrogen-bond acceptors (Lipinski definition) is 3. The molecule has 0 aliphatic heterocycles. The molecule has 2 rings (SSSR count). The second kappa shape index (κ2) is 8.35. The Morgan fingerprint density at radius 3 is 2.81 bits per heavy atom. The number of rotatable bonds is 9. The zero-order valence-electron chi connectivity index (χ0n) is 13.4. The lowest BCUT2D eigenvalue weighted by molar-refractivity contribution is 0.461. The minimum Gasteiger partial charge on any atom is -0.313 e. The Hall–Kier alpha value is -1.13. The minimum absolute atomic E-state index is 0.472. The maximum absolute atomic E-state index is 4.74. The highest BCUT2D eigenvalue weighted by atomic mass is 32.1. The van der Waals surface area contributed by atoms with Crippen molar-refractivity contribution in [2.24, 2.45) is 0 Å². The average Bonchev–Trinajstić information content (AvgIpc) is 3.15. The summed E-state index contributed by atoms with van der Waals surface area (Å²) in [6.07, 6.45) is 6.49. The first-order valence-corrected chi connectivity index (χ1v) is 8.95. The first-order valence-electron chi connectivity index (χ1n) is 8.01. The van der Waals surface area contributed by atoms with Gasteiger partial charge < -0.3 is 5.32 Å². The van der Waals surface area contributed by atoms with Crippen molar-refractivity contribution in [1.82, 2.24) is 15.1 Å². The van der Waals surface area contributed by atoms with Crippen molar-refractivity contribution in [3.05, 3.63) is 40.3 Å². The van der Waals surface area contributed by atoms with E-state index in [9.17, 15) is 0 Å². The van der Waals surface area contributed by atoms with Gasteiger partial charge in [0.25, 0.3) is 0 Å². The quantitative estimate of drug-likeness (QED) is 0.757. The van der Waals surface area contributed by atoms with E-state index in [0.29, 0.717) is 12.1 Å². The van der Waals surface area contributed by atoms with Crippen LogP contribution in [-0.2, 0) is 12.8 Å². The van der Waals surface area contributed by atoms with Crippen LogP contribution in [0.2, 0.25) is 0 Å². The van der Waals surface area contributed by atoms with Crippen LogP contribution in [0.4, 0.5) is 0 Å². The Balaban J connectivity index is 1.98. The number of nitrogens with one attached hydrogen (secondary N) is 1. The van der Waals surface area contributed by atoms with Gasteiger partial charge in [-0.15, -0.1) is 0 Å². The van der Waals surface area contributed by atoms with Crippen LogP contribution < -0.4 is 5.32 Å². The zero-order chi connectivity index (χ0) is 15.1. The van der Waals surface area contributed by atoms with Gasteiger partial charge in [0.1, 0.15) is 0 Å². The molecule has 1 N–H and O–H groups in total. The molecule has 0 saturated heterocycles. The molecule has 116 valence electrons. The summed E-state index contributed by atoms with van der Waals surface area (Å²) in [6.45, 7) is 7.70. The van der Waals surface area contributed by atoms with Crippen LogP contribution in [0.5, 0.6) is 0 Å². The van der Waals surface area contributed by atoms with Gasteiger partial charge in [-0.1, -0.05) is 13.8 Å². The summed E-state index contributed by atoms with van der Waals surface area (Å²) in [5, 5.41) is 12.8. The molecule has 0 fully saturated rings. The molecule has 0 amide bonds. The highest BCUT2D eigenvalue weighted by molar-refractivity contribution is 7.07.